The number of rotatable bonds is 18. The van der Waals surface area contributed by atoms with Gasteiger partial charge in [-0.2, -0.15) is 0 Å². The largest absolute Gasteiger partial charge is 0.494 e. The number of unbranched alkanes of at least 4 members (excludes halogenated alkanes) is 7. The van der Waals surface area contributed by atoms with E-state index in [2.05, 4.69) is 20.8 Å². The van der Waals surface area contributed by atoms with E-state index in [-0.39, 0.29) is 12.1 Å². The third-order valence-electron chi connectivity index (χ3n) is 5.97. The molecule has 0 aliphatic carbocycles. The van der Waals surface area contributed by atoms with Crippen molar-refractivity contribution in [1.82, 2.24) is 0 Å². The van der Waals surface area contributed by atoms with Gasteiger partial charge in [0.2, 0.25) is 0 Å². The maximum Gasteiger partial charge on any atom is 0.343 e. The summed E-state index contributed by atoms with van der Waals surface area (Å²) in [7, 11) is 0. The van der Waals surface area contributed by atoms with Crippen LogP contribution in [0.5, 0.6) is 11.5 Å². The van der Waals surface area contributed by atoms with Crippen LogP contribution in [-0.2, 0) is 11.2 Å². The molecule has 0 saturated carbocycles. The Morgan fingerprint density at radius 2 is 1.32 bits per heavy atom. The first-order valence-corrected chi connectivity index (χ1v) is 13.3. The molecule has 0 spiro atoms. The number of benzene rings is 2. The first-order chi connectivity index (χ1) is 16.7. The smallest absolute Gasteiger partial charge is 0.343 e. The summed E-state index contributed by atoms with van der Waals surface area (Å²) in [6.07, 6.45) is 13.3. The van der Waals surface area contributed by atoms with Crippen molar-refractivity contribution in [2.75, 3.05) is 13.2 Å². The molecule has 0 saturated heterocycles. The van der Waals surface area contributed by atoms with Crippen LogP contribution in [-0.4, -0.2) is 25.3 Å². The van der Waals surface area contributed by atoms with Crippen LogP contribution >= 0.6 is 0 Å². The minimum absolute atomic E-state index is 0.227. The Morgan fingerprint density at radius 3 is 1.94 bits per heavy atom. The van der Waals surface area contributed by atoms with Crippen molar-refractivity contribution in [2.24, 2.45) is 0 Å². The third-order valence-corrected chi connectivity index (χ3v) is 5.97. The molecule has 0 N–H and O–H groups in total. The van der Waals surface area contributed by atoms with E-state index < -0.39 is 0 Å². The van der Waals surface area contributed by atoms with E-state index in [1.807, 2.05) is 36.4 Å². The summed E-state index contributed by atoms with van der Waals surface area (Å²) in [5.74, 6) is 0.978. The minimum Gasteiger partial charge on any atom is -0.494 e. The topological polar surface area (TPSA) is 44.8 Å². The van der Waals surface area contributed by atoms with E-state index in [0.717, 1.165) is 38.0 Å². The fourth-order valence-electron chi connectivity index (χ4n) is 3.84. The normalized spacial score (nSPS) is 11.9. The minimum atomic E-state index is -0.361. The molecule has 1 atom stereocenters. The van der Waals surface area contributed by atoms with Gasteiger partial charge in [-0.15, -0.1) is 0 Å². The van der Waals surface area contributed by atoms with Gasteiger partial charge in [-0.3, -0.25) is 0 Å². The molecule has 0 aromatic heterocycles. The van der Waals surface area contributed by atoms with E-state index in [1.54, 1.807) is 12.1 Å². The molecular formula is C30H44O4. The van der Waals surface area contributed by atoms with Crippen LogP contribution in [0, 0.1) is 0 Å². The summed E-state index contributed by atoms with van der Waals surface area (Å²) >= 11 is 0. The second-order valence-corrected chi connectivity index (χ2v) is 8.99. The van der Waals surface area contributed by atoms with Gasteiger partial charge in [0.15, 0.2) is 0 Å². The van der Waals surface area contributed by atoms with Gasteiger partial charge in [-0.05, 0) is 67.6 Å². The lowest BCUT2D eigenvalue weighted by Crippen LogP contribution is -2.15. The fraction of sp³-hybridized carbons (Fsp3) is 0.567. The van der Waals surface area contributed by atoms with Crippen LogP contribution in [0.2, 0.25) is 0 Å². The number of ether oxygens (including phenoxy) is 3. The molecular weight excluding hydrogens is 424 g/mol. The Kier molecular flexibility index (Phi) is 14.1. The van der Waals surface area contributed by atoms with Crippen LogP contribution in [0.1, 0.15) is 101 Å². The molecule has 1 unspecified atom stereocenters. The van der Waals surface area contributed by atoms with Gasteiger partial charge in [0, 0.05) is 6.61 Å². The van der Waals surface area contributed by atoms with Gasteiger partial charge in [0.05, 0.1) is 18.3 Å². The van der Waals surface area contributed by atoms with E-state index in [1.165, 1.54) is 50.5 Å². The number of hydrogen-bond acceptors (Lipinski definition) is 4. The van der Waals surface area contributed by atoms with Gasteiger partial charge in [-0.25, -0.2) is 4.79 Å². The zero-order valence-corrected chi connectivity index (χ0v) is 21.5. The Morgan fingerprint density at radius 1 is 0.706 bits per heavy atom. The monoisotopic (exact) mass is 468 g/mol. The average molecular weight is 469 g/mol. The molecule has 0 amide bonds. The molecule has 2 aromatic rings. The first-order valence-electron chi connectivity index (χ1n) is 13.3. The number of carbonyl (C=O) groups excluding carboxylic acids is 1. The third kappa shape index (κ3) is 11.2. The molecule has 2 rings (SSSR count). The van der Waals surface area contributed by atoms with E-state index in [0.29, 0.717) is 17.9 Å². The maximum atomic E-state index is 12.5. The van der Waals surface area contributed by atoms with Crippen LogP contribution in [0.3, 0.4) is 0 Å². The first kappa shape index (κ1) is 27.9. The Labute approximate surface area is 207 Å². The van der Waals surface area contributed by atoms with E-state index in [4.69, 9.17) is 14.2 Å². The van der Waals surface area contributed by atoms with Crippen LogP contribution in [0.15, 0.2) is 48.5 Å². The second-order valence-electron chi connectivity index (χ2n) is 8.99. The highest BCUT2D eigenvalue weighted by molar-refractivity contribution is 5.91. The zero-order valence-electron chi connectivity index (χ0n) is 21.5. The van der Waals surface area contributed by atoms with Gasteiger partial charge in [0.1, 0.15) is 11.5 Å². The summed E-state index contributed by atoms with van der Waals surface area (Å²) in [6.45, 7) is 8.02. The highest BCUT2D eigenvalue weighted by Gasteiger charge is 2.11. The predicted octanol–water partition coefficient (Wildman–Crippen LogP) is 8.17. The van der Waals surface area contributed by atoms with Crippen LogP contribution in [0.25, 0.3) is 0 Å². The van der Waals surface area contributed by atoms with Crippen molar-refractivity contribution < 1.29 is 19.0 Å². The number of carbonyl (C=O) groups is 1. The van der Waals surface area contributed by atoms with Crippen molar-refractivity contribution in [3.05, 3.63) is 59.7 Å². The summed E-state index contributed by atoms with van der Waals surface area (Å²) in [5.41, 5.74) is 1.70. The lowest BCUT2D eigenvalue weighted by atomic mass is 10.1. The molecule has 188 valence electrons. The molecule has 0 aliphatic rings. The number of esters is 1. The van der Waals surface area contributed by atoms with Crippen molar-refractivity contribution >= 4 is 5.97 Å². The lowest BCUT2D eigenvalue weighted by Gasteiger charge is -2.16. The van der Waals surface area contributed by atoms with Gasteiger partial charge < -0.3 is 14.2 Å². The van der Waals surface area contributed by atoms with Crippen molar-refractivity contribution in [2.45, 2.75) is 97.5 Å². The second kappa shape index (κ2) is 17.2. The summed E-state index contributed by atoms with van der Waals surface area (Å²) in [5, 5.41) is 0. The van der Waals surface area contributed by atoms with Gasteiger partial charge in [-0.1, -0.05) is 77.8 Å². The van der Waals surface area contributed by atoms with Crippen LogP contribution < -0.4 is 9.47 Å². The molecule has 0 radical (unpaired) electrons. The van der Waals surface area contributed by atoms with Crippen molar-refractivity contribution in [3.63, 3.8) is 0 Å². The van der Waals surface area contributed by atoms with E-state index >= 15 is 0 Å². The average Bonchev–Trinajstić information content (AvgIpc) is 2.87. The standard InChI is InChI=1S/C30H44O4/c1-4-7-8-9-10-11-12-13-23-33-28-20-16-26(17-21-28)30(31)34-29-18-14-25(15-19-29)24-27(6-3)32-22-5-2/h14-21,27H,4-13,22-24H2,1-3H3. The van der Waals surface area contributed by atoms with Crippen molar-refractivity contribution in [3.8, 4) is 11.5 Å². The predicted molar refractivity (Wildman–Crippen MR) is 140 cm³/mol. The maximum absolute atomic E-state index is 12.5. The van der Waals surface area contributed by atoms with Crippen molar-refractivity contribution in [1.29, 1.82) is 0 Å². The molecule has 0 fully saturated rings. The Hall–Kier alpha value is -2.33. The molecule has 4 nitrogen and oxygen atoms in total. The summed E-state index contributed by atoms with van der Waals surface area (Å²) in [6, 6.07) is 14.9. The molecule has 0 heterocycles. The quantitative estimate of drug-likeness (QED) is 0.126. The van der Waals surface area contributed by atoms with E-state index in [9.17, 15) is 4.79 Å². The van der Waals surface area contributed by atoms with Crippen LogP contribution in [0.4, 0.5) is 0 Å². The molecule has 2 aromatic carbocycles. The zero-order chi connectivity index (χ0) is 24.4. The molecule has 34 heavy (non-hydrogen) atoms. The molecule has 0 bridgehead atoms. The highest BCUT2D eigenvalue weighted by atomic mass is 16.5. The Bertz CT molecular complexity index is 782. The Balaban J connectivity index is 1.70. The fourth-order valence-corrected chi connectivity index (χ4v) is 3.84. The highest BCUT2D eigenvalue weighted by Crippen LogP contribution is 2.19. The van der Waals surface area contributed by atoms with Gasteiger partial charge >= 0.3 is 5.97 Å². The molecule has 0 aliphatic heterocycles. The summed E-state index contributed by atoms with van der Waals surface area (Å²) < 4.78 is 17.2. The lowest BCUT2D eigenvalue weighted by molar-refractivity contribution is 0.0515. The number of hydrogen-bond donors (Lipinski definition) is 0. The van der Waals surface area contributed by atoms with Gasteiger partial charge in [0.25, 0.3) is 0 Å². The molecule has 4 heteroatoms. The summed E-state index contributed by atoms with van der Waals surface area (Å²) in [4.78, 5) is 12.5. The SMILES string of the molecule is CCCCCCCCCCOc1ccc(C(=O)Oc2ccc(CC(CC)OCCC)cc2)cc1.